The van der Waals surface area contributed by atoms with Crippen molar-refractivity contribution in [2.75, 3.05) is 7.11 Å². The van der Waals surface area contributed by atoms with E-state index in [2.05, 4.69) is 26.8 Å². The molecule has 0 radical (unpaired) electrons. The van der Waals surface area contributed by atoms with Crippen molar-refractivity contribution in [1.82, 2.24) is 0 Å². The van der Waals surface area contributed by atoms with Gasteiger partial charge >= 0.3 is 0 Å². The Bertz CT molecular complexity index is 522. The van der Waals surface area contributed by atoms with Crippen molar-refractivity contribution < 1.29 is 9.84 Å². The first-order chi connectivity index (χ1) is 10.8. The van der Waals surface area contributed by atoms with Crippen LogP contribution in [-0.4, -0.2) is 23.9 Å². The van der Waals surface area contributed by atoms with E-state index in [1.54, 1.807) is 5.57 Å². The fourth-order valence-electron chi connectivity index (χ4n) is 7.26. The maximum absolute atomic E-state index is 10.7. The number of hydrogen-bond donors (Lipinski definition) is 1. The first kappa shape index (κ1) is 16.1. The van der Waals surface area contributed by atoms with E-state index in [1.807, 2.05) is 7.11 Å². The Labute approximate surface area is 141 Å². The van der Waals surface area contributed by atoms with Gasteiger partial charge in [0.1, 0.15) is 0 Å². The predicted molar refractivity (Wildman–Crippen MR) is 93.1 cm³/mol. The maximum Gasteiger partial charge on any atom is 0.0628 e. The van der Waals surface area contributed by atoms with Gasteiger partial charge < -0.3 is 9.84 Å². The molecule has 3 fully saturated rings. The molecule has 7 atom stereocenters. The highest BCUT2D eigenvalue weighted by Crippen LogP contribution is 2.66. The largest absolute Gasteiger partial charge is 0.390 e. The summed E-state index contributed by atoms with van der Waals surface area (Å²) in [5.74, 6) is 2.33. The summed E-state index contributed by atoms with van der Waals surface area (Å²) in [4.78, 5) is 0. The third kappa shape index (κ3) is 2.35. The van der Waals surface area contributed by atoms with Gasteiger partial charge in [-0.25, -0.2) is 0 Å². The molecule has 0 heterocycles. The molecule has 4 aliphatic carbocycles. The van der Waals surface area contributed by atoms with E-state index in [1.165, 1.54) is 32.1 Å². The molecule has 3 saturated carbocycles. The second-order valence-electron chi connectivity index (χ2n) is 9.93. The Hall–Kier alpha value is -0.340. The van der Waals surface area contributed by atoms with Crippen molar-refractivity contribution in [3.8, 4) is 0 Å². The van der Waals surface area contributed by atoms with E-state index in [0.29, 0.717) is 22.9 Å². The van der Waals surface area contributed by atoms with Crippen LogP contribution in [0.1, 0.15) is 72.1 Å². The highest BCUT2D eigenvalue weighted by atomic mass is 16.5. The van der Waals surface area contributed by atoms with E-state index in [9.17, 15) is 5.11 Å². The van der Waals surface area contributed by atoms with Gasteiger partial charge in [0.05, 0.1) is 11.7 Å². The molecule has 7 unspecified atom stereocenters. The molecule has 0 aliphatic heterocycles. The minimum Gasteiger partial charge on any atom is -0.390 e. The van der Waals surface area contributed by atoms with Crippen molar-refractivity contribution in [2.45, 2.75) is 83.8 Å². The Morgan fingerprint density at radius 3 is 2.65 bits per heavy atom. The quantitative estimate of drug-likeness (QED) is 0.709. The smallest absolute Gasteiger partial charge is 0.0628 e. The summed E-state index contributed by atoms with van der Waals surface area (Å²) in [6.07, 6.45) is 12.6. The summed E-state index contributed by atoms with van der Waals surface area (Å²) < 4.78 is 5.66. The lowest BCUT2D eigenvalue weighted by atomic mass is 9.48. The van der Waals surface area contributed by atoms with E-state index in [4.69, 9.17) is 4.74 Å². The fraction of sp³-hybridized carbons (Fsp3) is 0.905. The van der Waals surface area contributed by atoms with Gasteiger partial charge in [-0.1, -0.05) is 25.5 Å². The number of methoxy groups -OCH3 is 1. The van der Waals surface area contributed by atoms with Crippen LogP contribution in [0.4, 0.5) is 0 Å². The zero-order valence-corrected chi connectivity index (χ0v) is 15.4. The predicted octanol–water partition coefficient (Wildman–Crippen LogP) is 4.72. The molecule has 0 saturated heterocycles. The third-order valence-corrected chi connectivity index (χ3v) is 8.35. The molecule has 130 valence electrons. The summed E-state index contributed by atoms with van der Waals surface area (Å²) in [5, 5.41) is 10.7. The first-order valence-corrected chi connectivity index (χ1v) is 9.72. The zero-order valence-electron chi connectivity index (χ0n) is 15.4. The number of aliphatic hydroxyl groups is 1. The van der Waals surface area contributed by atoms with Gasteiger partial charge in [0, 0.05) is 7.11 Å². The molecular weight excluding hydrogens is 284 g/mol. The SMILES string of the molecule is COC1CCC2(C)C(=CCC3C4CC(C)(O)CC4(C)CCC32)C1. The molecule has 0 spiro atoms. The molecule has 0 aromatic heterocycles. The van der Waals surface area contributed by atoms with Crippen LogP contribution in [-0.2, 0) is 4.74 Å². The molecule has 0 amide bonds. The van der Waals surface area contributed by atoms with Crippen LogP contribution in [0, 0.1) is 28.6 Å². The molecular formula is C21H34O2. The standard InChI is InChI=1S/C21H34O2/c1-19-9-8-17-16(18(19)12-20(2,22)13-19)6-5-14-11-15(23-4)7-10-21(14,17)3/h5,15-18,22H,6-13H2,1-4H3. The Morgan fingerprint density at radius 2 is 1.91 bits per heavy atom. The van der Waals surface area contributed by atoms with Gasteiger partial charge in [0.2, 0.25) is 0 Å². The van der Waals surface area contributed by atoms with Crippen LogP contribution >= 0.6 is 0 Å². The van der Waals surface area contributed by atoms with E-state index >= 15 is 0 Å². The van der Waals surface area contributed by atoms with Gasteiger partial charge in [-0.15, -0.1) is 0 Å². The zero-order chi connectivity index (χ0) is 16.5. The van der Waals surface area contributed by atoms with Crippen LogP contribution in [0.5, 0.6) is 0 Å². The van der Waals surface area contributed by atoms with Gasteiger partial charge in [-0.2, -0.15) is 0 Å². The van der Waals surface area contributed by atoms with Crippen LogP contribution in [0.15, 0.2) is 11.6 Å². The highest BCUT2D eigenvalue weighted by Gasteiger charge is 2.59. The van der Waals surface area contributed by atoms with Gasteiger partial charge in [-0.05, 0) is 86.9 Å². The summed E-state index contributed by atoms with van der Waals surface area (Å²) in [6, 6.07) is 0. The Balaban J connectivity index is 1.65. The van der Waals surface area contributed by atoms with Crippen molar-refractivity contribution in [1.29, 1.82) is 0 Å². The molecule has 0 aromatic rings. The molecule has 2 nitrogen and oxygen atoms in total. The second kappa shape index (κ2) is 5.08. The summed E-state index contributed by atoms with van der Waals surface area (Å²) in [6.45, 7) is 7.07. The lowest BCUT2D eigenvalue weighted by Gasteiger charge is -2.57. The van der Waals surface area contributed by atoms with Crippen LogP contribution in [0.25, 0.3) is 0 Å². The maximum atomic E-state index is 10.7. The monoisotopic (exact) mass is 318 g/mol. The summed E-state index contributed by atoms with van der Waals surface area (Å²) in [5.41, 5.74) is 2.02. The lowest BCUT2D eigenvalue weighted by molar-refractivity contribution is -0.0409. The Kier molecular flexibility index (Phi) is 3.57. The third-order valence-electron chi connectivity index (χ3n) is 8.35. The van der Waals surface area contributed by atoms with E-state index in [0.717, 1.165) is 31.1 Å². The fourth-order valence-corrected chi connectivity index (χ4v) is 7.26. The number of ether oxygens (including phenoxy) is 1. The molecule has 4 aliphatic rings. The van der Waals surface area contributed by atoms with Crippen LogP contribution in [0.3, 0.4) is 0 Å². The number of allylic oxidation sites excluding steroid dienone is 1. The minimum atomic E-state index is -0.438. The Morgan fingerprint density at radius 1 is 1.13 bits per heavy atom. The average Bonchev–Trinajstić information content (AvgIpc) is 2.75. The van der Waals surface area contributed by atoms with E-state index in [-0.39, 0.29) is 0 Å². The lowest BCUT2D eigenvalue weighted by Crippen LogP contribution is -2.49. The van der Waals surface area contributed by atoms with Crippen molar-refractivity contribution in [2.24, 2.45) is 28.6 Å². The highest BCUT2D eigenvalue weighted by molar-refractivity contribution is 5.25. The number of rotatable bonds is 1. The van der Waals surface area contributed by atoms with Gasteiger partial charge in [0.25, 0.3) is 0 Å². The molecule has 0 bridgehead atoms. The van der Waals surface area contributed by atoms with Crippen molar-refractivity contribution >= 4 is 0 Å². The minimum absolute atomic E-state index is 0.371. The topological polar surface area (TPSA) is 29.5 Å². The van der Waals surface area contributed by atoms with Crippen LogP contribution < -0.4 is 0 Å². The second-order valence-corrected chi connectivity index (χ2v) is 9.93. The number of fused-ring (bicyclic) bond motifs is 5. The molecule has 0 aromatic carbocycles. The van der Waals surface area contributed by atoms with Crippen LogP contribution in [0.2, 0.25) is 0 Å². The average molecular weight is 319 g/mol. The van der Waals surface area contributed by atoms with Crippen molar-refractivity contribution in [3.05, 3.63) is 11.6 Å². The molecule has 4 rings (SSSR count). The number of hydrogen-bond acceptors (Lipinski definition) is 2. The molecule has 23 heavy (non-hydrogen) atoms. The molecule has 2 heteroatoms. The first-order valence-electron chi connectivity index (χ1n) is 9.72. The normalized spacial score (nSPS) is 55.6. The summed E-state index contributed by atoms with van der Waals surface area (Å²) >= 11 is 0. The summed E-state index contributed by atoms with van der Waals surface area (Å²) in [7, 11) is 1.87. The van der Waals surface area contributed by atoms with Crippen molar-refractivity contribution in [3.63, 3.8) is 0 Å². The van der Waals surface area contributed by atoms with Gasteiger partial charge in [0.15, 0.2) is 0 Å². The van der Waals surface area contributed by atoms with E-state index < -0.39 is 5.60 Å². The van der Waals surface area contributed by atoms with Gasteiger partial charge in [-0.3, -0.25) is 0 Å². The molecule has 1 N–H and O–H groups in total.